The number of halogens is 1. The number of hydrogen-bond donors (Lipinski definition) is 2. The first-order valence-corrected chi connectivity index (χ1v) is 7.78. The zero-order chi connectivity index (χ0) is 14.4. The largest absolute Gasteiger partial charge is 0.350 e. The first-order valence-electron chi connectivity index (χ1n) is 7.40. The highest BCUT2D eigenvalue weighted by Crippen LogP contribution is 2.18. The van der Waals surface area contributed by atoms with Crippen molar-refractivity contribution in [1.29, 1.82) is 0 Å². The van der Waals surface area contributed by atoms with E-state index in [1.54, 1.807) is 0 Å². The molecule has 0 bridgehead atoms. The van der Waals surface area contributed by atoms with Gasteiger partial charge in [-0.15, -0.1) is 0 Å². The van der Waals surface area contributed by atoms with E-state index in [0.717, 1.165) is 30.1 Å². The van der Waals surface area contributed by atoms with Crippen molar-refractivity contribution in [3.05, 3.63) is 34.9 Å². The second-order valence-corrected chi connectivity index (χ2v) is 6.03. The number of carbonyl (C=O) groups excluding carboxylic acids is 1. The minimum Gasteiger partial charge on any atom is -0.350 e. The standard InChI is InChI=1S/C16H23ClN2O/c1-12(14-5-7-15(17)8-6-14)19-16(20)9-4-13-3-2-10-18-11-13/h5-8,12-13,18H,2-4,9-11H2,1H3,(H,19,20)/t12-,13?/m1/s1. The maximum atomic E-state index is 12.0. The Labute approximate surface area is 126 Å². The van der Waals surface area contributed by atoms with Gasteiger partial charge in [0.05, 0.1) is 6.04 Å². The molecule has 2 N–H and O–H groups in total. The van der Waals surface area contributed by atoms with E-state index in [4.69, 9.17) is 11.6 Å². The van der Waals surface area contributed by atoms with Crippen LogP contribution in [0.25, 0.3) is 0 Å². The normalized spacial score (nSPS) is 20.4. The monoisotopic (exact) mass is 294 g/mol. The van der Waals surface area contributed by atoms with Crippen molar-refractivity contribution in [2.75, 3.05) is 13.1 Å². The molecule has 0 radical (unpaired) electrons. The Morgan fingerprint density at radius 1 is 1.45 bits per heavy atom. The SMILES string of the molecule is C[C@@H](NC(=O)CCC1CCCNC1)c1ccc(Cl)cc1. The van der Waals surface area contributed by atoms with Gasteiger partial charge in [0.1, 0.15) is 0 Å². The van der Waals surface area contributed by atoms with E-state index >= 15 is 0 Å². The Kier molecular flexibility index (Phi) is 5.86. The number of rotatable bonds is 5. The number of benzene rings is 1. The second-order valence-electron chi connectivity index (χ2n) is 5.59. The van der Waals surface area contributed by atoms with Gasteiger partial charge in [-0.05, 0) is 62.9 Å². The van der Waals surface area contributed by atoms with Gasteiger partial charge in [0.25, 0.3) is 0 Å². The lowest BCUT2D eigenvalue weighted by Gasteiger charge is -2.22. The van der Waals surface area contributed by atoms with Crippen LogP contribution < -0.4 is 10.6 Å². The lowest BCUT2D eigenvalue weighted by Crippen LogP contribution is -2.31. The van der Waals surface area contributed by atoms with Gasteiger partial charge < -0.3 is 10.6 Å². The molecule has 1 aliphatic rings. The quantitative estimate of drug-likeness (QED) is 0.875. The van der Waals surface area contributed by atoms with Crippen molar-refractivity contribution in [1.82, 2.24) is 10.6 Å². The molecule has 1 aliphatic heterocycles. The molecule has 2 atom stereocenters. The molecule has 1 aromatic rings. The minimum absolute atomic E-state index is 0.0317. The molecular formula is C16H23ClN2O. The molecule has 110 valence electrons. The third kappa shape index (κ3) is 4.80. The highest BCUT2D eigenvalue weighted by Gasteiger charge is 2.15. The summed E-state index contributed by atoms with van der Waals surface area (Å²) in [4.78, 5) is 12.0. The molecule has 3 nitrogen and oxygen atoms in total. The third-order valence-electron chi connectivity index (χ3n) is 3.93. The molecule has 1 amide bonds. The highest BCUT2D eigenvalue weighted by molar-refractivity contribution is 6.30. The van der Waals surface area contributed by atoms with Crippen LogP contribution in [0.3, 0.4) is 0 Å². The van der Waals surface area contributed by atoms with Crippen molar-refractivity contribution < 1.29 is 4.79 Å². The van der Waals surface area contributed by atoms with Gasteiger partial charge in [0.2, 0.25) is 5.91 Å². The van der Waals surface area contributed by atoms with Gasteiger partial charge >= 0.3 is 0 Å². The summed E-state index contributed by atoms with van der Waals surface area (Å²) in [5.41, 5.74) is 1.09. The average Bonchev–Trinajstić information content (AvgIpc) is 2.47. The first kappa shape index (κ1) is 15.3. The Morgan fingerprint density at radius 2 is 2.20 bits per heavy atom. The van der Waals surface area contributed by atoms with E-state index in [-0.39, 0.29) is 11.9 Å². The summed E-state index contributed by atoms with van der Waals surface area (Å²) in [6.07, 6.45) is 4.07. The fourth-order valence-electron chi connectivity index (χ4n) is 2.65. The first-order chi connectivity index (χ1) is 9.65. The van der Waals surface area contributed by atoms with Crippen LogP contribution in [0.15, 0.2) is 24.3 Å². The summed E-state index contributed by atoms with van der Waals surface area (Å²) in [5.74, 6) is 0.790. The molecule has 1 saturated heterocycles. The topological polar surface area (TPSA) is 41.1 Å². The number of nitrogens with one attached hydrogen (secondary N) is 2. The number of amides is 1. The Balaban J connectivity index is 1.74. The van der Waals surface area contributed by atoms with Crippen LogP contribution in [0.4, 0.5) is 0 Å². The smallest absolute Gasteiger partial charge is 0.220 e. The fraction of sp³-hybridized carbons (Fsp3) is 0.562. The summed E-state index contributed by atoms with van der Waals surface area (Å²) >= 11 is 5.86. The van der Waals surface area contributed by atoms with Gasteiger partial charge in [-0.25, -0.2) is 0 Å². The van der Waals surface area contributed by atoms with E-state index in [1.165, 1.54) is 12.8 Å². The zero-order valence-electron chi connectivity index (χ0n) is 12.0. The summed E-state index contributed by atoms with van der Waals surface area (Å²) in [7, 11) is 0. The zero-order valence-corrected chi connectivity index (χ0v) is 12.7. The Morgan fingerprint density at radius 3 is 2.85 bits per heavy atom. The van der Waals surface area contributed by atoms with E-state index in [2.05, 4.69) is 10.6 Å². The predicted octanol–water partition coefficient (Wildman–Crippen LogP) is 3.30. The highest BCUT2D eigenvalue weighted by atomic mass is 35.5. The van der Waals surface area contributed by atoms with E-state index in [1.807, 2.05) is 31.2 Å². The van der Waals surface area contributed by atoms with Crippen LogP contribution in [-0.4, -0.2) is 19.0 Å². The molecule has 0 saturated carbocycles. The molecule has 1 unspecified atom stereocenters. The van der Waals surface area contributed by atoms with Crippen molar-refractivity contribution in [2.24, 2.45) is 5.92 Å². The van der Waals surface area contributed by atoms with Crippen molar-refractivity contribution in [2.45, 2.75) is 38.6 Å². The van der Waals surface area contributed by atoms with Crippen molar-refractivity contribution in [3.8, 4) is 0 Å². The van der Waals surface area contributed by atoms with Crippen molar-refractivity contribution in [3.63, 3.8) is 0 Å². The predicted molar refractivity (Wildman–Crippen MR) is 82.8 cm³/mol. The molecule has 20 heavy (non-hydrogen) atoms. The summed E-state index contributed by atoms with van der Waals surface area (Å²) in [6.45, 7) is 4.18. The minimum atomic E-state index is 0.0317. The summed E-state index contributed by atoms with van der Waals surface area (Å²) < 4.78 is 0. The van der Waals surface area contributed by atoms with E-state index in [9.17, 15) is 4.79 Å². The molecule has 0 aliphatic carbocycles. The molecule has 0 spiro atoms. The lowest BCUT2D eigenvalue weighted by atomic mass is 9.94. The average molecular weight is 295 g/mol. The lowest BCUT2D eigenvalue weighted by molar-refractivity contribution is -0.122. The second kappa shape index (κ2) is 7.65. The number of hydrogen-bond acceptors (Lipinski definition) is 2. The van der Waals surface area contributed by atoms with Gasteiger partial charge in [0, 0.05) is 11.4 Å². The Bertz CT molecular complexity index is 427. The maximum Gasteiger partial charge on any atom is 0.220 e. The summed E-state index contributed by atoms with van der Waals surface area (Å²) in [6, 6.07) is 7.65. The van der Waals surface area contributed by atoms with Crippen LogP contribution in [0, 0.1) is 5.92 Å². The third-order valence-corrected chi connectivity index (χ3v) is 4.18. The van der Waals surface area contributed by atoms with Gasteiger partial charge in [-0.3, -0.25) is 4.79 Å². The van der Waals surface area contributed by atoms with Gasteiger partial charge in [-0.1, -0.05) is 23.7 Å². The van der Waals surface area contributed by atoms with Gasteiger partial charge in [0.15, 0.2) is 0 Å². The van der Waals surface area contributed by atoms with Crippen LogP contribution in [0.1, 0.15) is 44.2 Å². The number of piperidine rings is 1. The fourth-order valence-corrected chi connectivity index (χ4v) is 2.78. The van der Waals surface area contributed by atoms with Crippen molar-refractivity contribution >= 4 is 17.5 Å². The molecule has 0 aromatic heterocycles. The van der Waals surface area contributed by atoms with E-state index in [0.29, 0.717) is 12.3 Å². The Hall–Kier alpha value is -1.06. The van der Waals surface area contributed by atoms with Crippen LogP contribution in [-0.2, 0) is 4.79 Å². The molecule has 2 rings (SSSR count). The van der Waals surface area contributed by atoms with Crippen LogP contribution >= 0.6 is 11.6 Å². The maximum absolute atomic E-state index is 12.0. The molecule has 1 heterocycles. The summed E-state index contributed by atoms with van der Waals surface area (Å²) in [5, 5.41) is 7.16. The molecular weight excluding hydrogens is 272 g/mol. The molecule has 1 aromatic carbocycles. The van der Waals surface area contributed by atoms with E-state index < -0.39 is 0 Å². The molecule has 4 heteroatoms. The van der Waals surface area contributed by atoms with Crippen LogP contribution in [0.2, 0.25) is 5.02 Å². The van der Waals surface area contributed by atoms with Gasteiger partial charge in [-0.2, -0.15) is 0 Å². The molecule has 1 fully saturated rings. The van der Waals surface area contributed by atoms with Crippen LogP contribution in [0.5, 0.6) is 0 Å². The number of carbonyl (C=O) groups is 1.